The Morgan fingerprint density at radius 1 is 1.00 bits per heavy atom. The second-order valence-electron chi connectivity index (χ2n) is 5.34. The van der Waals surface area contributed by atoms with Crippen molar-refractivity contribution in [1.29, 1.82) is 0 Å². The first-order valence-corrected chi connectivity index (χ1v) is 8.63. The van der Waals surface area contributed by atoms with E-state index in [0.717, 1.165) is 22.7 Å². The normalized spacial score (nSPS) is 10.4. The van der Waals surface area contributed by atoms with Gasteiger partial charge in [0.25, 0.3) is 0 Å². The molecule has 0 N–H and O–H groups in total. The summed E-state index contributed by atoms with van der Waals surface area (Å²) in [5, 5.41) is 3.86. The fourth-order valence-electron chi connectivity index (χ4n) is 2.35. The van der Waals surface area contributed by atoms with Gasteiger partial charge in [0.1, 0.15) is 0 Å². The molecule has 0 aliphatic rings. The van der Waals surface area contributed by atoms with Gasteiger partial charge in [0.05, 0.1) is 5.69 Å². The van der Waals surface area contributed by atoms with Crippen molar-refractivity contribution in [3.63, 3.8) is 0 Å². The summed E-state index contributed by atoms with van der Waals surface area (Å²) < 4.78 is 8.85. The van der Waals surface area contributed by atoms with Gasteiger partial charge in [-0.1, -0.05) is 66.0 Å². The number of rotatable bonds is 6. The first kappa shape index (κ1) is 17.0. The van der Waals surface area contributed by atoms with E-state index in [4.69, 9.17) is 4.74 Å². The summed E-state index contributed by atoms with van der Waals surface area (Å²) in [4.78, 5) is 24.6. The maximum absolute atomic E-state index is 12.2. The molecule has 3 aromatic rings. The van der Waals surface area contributed by atoms with E-state index in [0.29, 0.717) is 22.6 Å². The fourth-order valence-corrected chi connectivity index (χ4v) is 3.00. The molecule has 5 nitrogen and oxygen atoms in total. The van der Waals surface area contributed by atoms with Crippen LogP contribution in [-0.2, 0) is 11.2 Å². The minimum Gasteiger partial charge on any atom is -0.453 e. The van der Waals surface area contributed by atoms with Gasteiger partial charge < -0.3 is 4.74 Å². The van der Waals surface area contributed by atoms with Crippen LogP contribution in [0, 0.1) is 0 Å². The van der Waals surface area contributed by atoms with Crippen LogP contribution in [0.4, 0.5) is 0 Å². The number of hydrogen-bond donors (Lipinski definition) is 0. The summed E-state index contributed by atoms with van der Waals surface area (Å²) in [6.07, 6.45) is 0.593. The highest BCUT2D eigenvalue weighted by atomic mass is 32.1. The van der Waals surface area contributed by atoms with Crippen molar-refractivity contribution < 1.29 is 14.3 Å². The second kappa shape index (κ2) is 7.81. The van der Waals surface area contributed by atoms with Crippen molar-refractivity contribution in [3.05, 3.63) is 70.7 Å². The molecule has 6 heteroatoms. The van der Waals surface area contributed by atoms with Gasteiger partial charge in [0, 0.05) is 5.56 Å². The average Bonchev–Trinajstić information content (AvgIpc) is 3.15. The van der Waals surface area contributed by atoms with Crippen LogP contribution in [0.15, 0.2) is 54.6 Å². The number of ketones is 1. The van der Waals surface area contributed by atoms with E-state index >= 15 is 0 Å². The summed E-state index contributed by atoms with van der Waals surface area (Å²) in [5.74, 6) is -0.801. The van der Waals surface area contributed by atoms with E-state index in [1.165, 1.54) is 0 Å². The maximum atomic E-state index is 12.2. The van der Waals surface area contributed by atoms with Crippen LogP contribution in [0.1, 0.15) is 32.6 Å². The number of benzene rings is 2. The van der Waals surface area contributed by atoms with E-state index < -0.39 is 5.97 Å². The second-order valence-corrected chi connectivity index (χ2v) is 6.10. The molecular weight excluding hydrogens is 336 g/mol. The summed E-state index contributed by atoms with van der Waals surface area (Å²) >= 11 is 0.982. The van der Waals surface area contributed by atoms with Gasteiger partial charge in [-0.15, -0.1) is 5.10 Å². The van der Waals surface area contributed by atoms with Gasteiger partial charge in [-0.2, -0.15) is 0 Å². The lowest BCUT2D eigenvalue weighted by Crippen LogP contribution is -2.14. The molecule has 0 amide bonds. The molecule has 0 saturated heterocycles. The zero-order chi connectivity index (χ0) is 17.6. The summed E-state index contributed by atoms with van der Waals surface area (Å²) in [6, 6.07) is 17.1. The number of carbonyl (C=O) groups is 2. The highest BCUT2D eigenvalue weighted by Gasteiger charge is 2.18. The highest BCUT2D eigenvalue weighted by Crippen LogP contribution is 2.19. The van der Waals surface area contributed by atoms with E-state index in [1.807, 2.05) is 49.4 Å². The van der Waals surface area contributed by atoms with Crippen LogP contribution in [0.3, 0.4) is 0 Å². The average molecular weight is 352 g/mol. The molecule has 0 unspecified atom stereocenters. The fraction of sp³-hybridized carbons (Fsp3) is 0.158. The highest BCUT2D eigenvalue weighted by molar-refractivity contribution is 7.07. The lowest BCUT2D eigenvalue weighted by molar-refractivity contribution is 0.0478. The number of hydrogen-bond acceptors (Lipinski definition) is 6. The number of carbonyl (C=O) groups excluding carboxylic acids is 2. The van der Waals surface area contributed by atoms with Gasteiger partial charge in [0.2, 0.25) is 0 Å². The smallest absolute Gasteiger partial charge is 0.352 e. The number of aryl methyl sites for hydroxylation is 1. The molecule has 25 heavy (non-hydrogen) atoms. The molecule has 0 aliphatic heterocycles. The molecule has 1 aromatic heterocycles. The molecule has 0 fully saturated rings. The monoisotopic (exact) mass is 352 g/mol. The first-order chi connectivity index (χ1) is 12.2. The van der Waals surface area contributed by atoms with Crippen molar-refractivity contribution in [3.8, 4) is 11.1 Å². The van der Waals surface area contributed by atoms with Crippen LogP contribution in [0.25, 0.3) is 11.1 Å². The molecule has 2 aromatic carbocycles. The predicted molar refractivity (Wildman–Crippen MR) is 95.8 cm³/mol. The van der Waals surface area contributed by atoms with Gasteiger partial charge in [-0.3, -0.25) is 4.79 Å². The lowest BCUT2D eigenvalue weighted by atomic mass is 10.0. The number of ether oxygens (including phenoxy) is 1. The third-order valence-electron chi connectivity index (χ3n) is 3.72. The Balaban J connectivity index is 1.63. The van der Waals surface area contributed by atoms with Crippen molar-refractivity contribution in [1.82, 2.24) is 9.59 Å². The summed E-state index contributed by atoms with van der Waals surface area (Å²) in [7, 11) is 0. The largest absolute Gasteiger partial charge is 0.453 e. The Hall–Kier alpha value is -2.86. The predicted octanol–water partition coefficient (Wildman–Crippen LogP) is 3.81. The molecule has 0 spiro atoms. The minimum atomic E-state index is -0.555. The maximum Gasteiger partial charge on any atom is 0.352 e. The van der Waals surface area contributed by atoms with Crippen LogP contribution >= 0.6 is 11.5 Å². The lowest BCUT2D eigenvalue weighted by Gasteiger charge is -2.05. The molecule has 0 aliphatic carbocycles. The summed E-state index contributed by atoms with van der Waals surface area (Å²) in [6.45, 7) is 1.58. The number of nitrogens with zero attached hydrogens (tertiary/aromatic N) is 2. The Bertz CT molecular complexity index is 873. The number of Topliss-reactive ketones (excluding diaryl/α,β-unsaturated/α-hetero) is 1. The topological polar surface area (TPSA) is 69.2 Å². The SMILES string of the molecule is CCc1nnsc1C(=O)OCC(=O)c1ccc(-c2ccccc2)cc1. The van der Waals surface area contributed by atoms with Crippen LogP contribution in [0.5, 0.6) is 0 Å². The molecule has 126 valence electrons. The van der Waals surface area contributed by atoms with E-state index in [-0.39, 0.29) is 12.4 Å². The molecule has 0 bridgehead atoms. The number of esters is 1. The molecule has 1 heterocycles. The molecule has 0 radical (unpaired) electrons. The zero-order valence-electron chi connectivity index (χ0n) is 13.6. The van der Waals surface area contributed by atoms with Gasteiger partial charge in [-0.05, 0) is 29.1 Å². The van der Waals surface area contributed by atoms with E-state index in [1.54, 1.807) is 12.1 Å². The van der Waals surface area contributed by atoms with Crippen LogP contribution in [0.2, 0.25) is 0 Å². The third kappa shape index (κ3) is 3.97. The van der Waals surface area contributed by atoms with Crippen molar-refractivity contribution in [2.45, 2.75) is 13.3 Å². The van der Waals surface area contributed by atoms with E-state index in [9.17, 15) is 9.59 Å². The standard InChI is InChI=1S/C19H16N2O3S/c1-2-16-18(25-21-20-16)19(23)24-12-17(22)15-10-8-14(9-11-15)13-6-4-3-5-7-13/h3-11H,2,12H2,1H3. The molecule has 0 atom stereocenters. The molecule has 3 rings (SSSR count). The van der Waals surface area contributed by atoms with Crippen LogP contribution < -0.4 is 0 Å². The quantitative estimate of drug-likeness (QED) is 0.498. The summed E-state index contributed by atoms with van der Waals surface area (Å²) in [5.41, 5.74) is 3.20. The van der Waals surface area contributed by atoms with Gasteiger partial charge in [-0.25, -0.2) is 4.79 Å². The molecule has 0 saturated carbocycles. The van der Waals surface area contributed by atoms with Gasteiger partial charge >= 0.3 is 5.97 Å². The van der Waals surface area contributed by atoms with Crippen molar-refractivity contribution >= 4 is 23.3 Å². The Morgan fingerprint density at radius 2 is 1.68 bits per heavy atom. The minimum absolute atomic E-state index is 0.247. The zero-order valence-corrected chi connectivity index (χ0v) is 14.5. The Kier molecular flexibility index (Phi) is 5.30. The van der Waals surface area contributed by atoms with Gasteiger partial charge in [0.15, 0.2) is 17.3 Å². The van der Waals surface area contributed by atoms with Crippen LogP contribution in [-0.4, -0.2) is 27.9 Å². The Labute approximate surface area is 149 Å². The van der Waals surface area contributed by atoms with Crippen molar-refractivity contribution in [2.24, 2.45) is 0 Å². The Morgan fingerprint density at radius 3 is 2.36 bits per heavy atom. The van der Waals surface area contributed by atoms with E-state index in [2.05, 4.69) is 9.59 Å². The van der Waals surface area contributed by atoms with Crippen molar-refractivity contribution in [2.75, 3.05) is 6.61 Å². The first-order valence-electron chi connectivity index (χ1n) is 7.86. The number of aromatic nitrogens is 2. The molecular formula is C19H16N2O3S. The third-order valence-corrected chi connectivity index (χ3v) is 4.47.